The number of amides is 2. The van der Waals surface area contributed by atoms with E-state index in [1.54, 1.807) is 0 Å². The fraction of sp³-hybridized carbons (Fsp3) is 0.913. The summed E-state index contributed by atoms with van der Waals surface area (Å²) in [5.41, 5.74) is -0.937. The van der Waals surface area contributed by atoms with E-state index in [0.717, 1.165) is 12.8 Å². The van der Waals surface area contributed by atoms with Gasteiger partial charge in [-0.05, 0) is 56.8 Å². The maximum atomic E-state index is 13.0. The average Bonchev–Trinajstić information content (AvgIpc) is 2.73. The minimum atomic E-state index is -0.623. The molecule has 2 saturated carbocycles. The number of carbonyl (C=O) groups excluding carboxylic acids is 2. The standard InChI is InChI=1S/C23H40N2O6/c1-15(2)24-21(29)31-19-7-8-22(3)16(13-20(28)25-9-11-30-12-10-25)17(27)5-6-18(22)23(19,4)14-26/h15-19,26-27H,5-14H2,1-4H3,(H,24,29)/t16-,17-,18?,19-,22+,23+/m1/s1. The molecule has 31 heavy (non-hydrogen) atoms. The number of hydrogen-bond donors (Lipinski definition) is 3. The normalized spacial score (nSPS) is 38.5. The predicted molar refractivity (Wildman–Crippen MR) is 115 cm³/mol. The topological polar surface area (TPSA) is 108 Å². The van der Waals surface area contributed by atoms with Gasteiger partial charge in [0.2, 0.25) is 5.91 Å². The first-order valence-corrected chi connectivity index (χ1v) is 11.7. The van der Waals surface area contributed by atoms with Crippen LogP contribution in [-0.2, 0) is 14.3 Å². The predicted octanol–water partition coefficient (Wildman–Crippen LogP) is 1.92. The van der Waals surface area contributed by atoms with E-state index in [2.05, 4.69) is 12.2 Å². The summed E-state index contributed by atoms with van der Waals surface area (Å²) in [5.74, 6) is -0.0750. The van der Waals surface area contributed by atoms with Gasteiger partial charge >= 0.3 is 6.09 Å². The number of ether oxygens (including phenoxy) is 2. The summed E-state index contributed by atoms with van der Waals surface area (Å²) in [4.78, 5) is 27.1. The fourth-order valence-electron chi connectivity index (χ4n) is 6.31. The minimum absolute atomic E-state index is 0.0258. The molecule has 0 aromatic heterocycles. The number of rotatable bonds is 5. The Kier molecular flexibility index (Phi) is 7.54. The average molecular weight is 441 g/mol. The first-order chi connectivity index (χ1) is 14.6. The Balaban J connectivity index is 1.79. The minimum Gasteiger partial charge on any atom is -0.446 e. The number of nitrogens with zero attached hydrogens (tertiary/aromatic N) is 1. The summed E-state index contributed by atoms with van der Waals surface area (Å²) in [7, 11) is 0. The molecule has 2 aliphatic carbocycles. The summed E-state index contributed by atoms with van der Waals surface area (Å²) in [6.45, 7) is 10.1. The van der Waals surface area contributed by atoms with E-state index in [1.807, 2.05) is 25.7 Å². The molecule has 6 atom stereocenters. The van der Waals surface area contributed by atoms with Crippen molar-refractivity contribution in [3.63, 3.8) is 0 Å². The van der Waals surface area contributed by atoms with Crippen molar-refractivity contribution >= 4 is 12.0 Å². The first kappa shape index (κ1) is 24.3. The van der Waals surface area contributed by atoms with Gasteiger partial charge in [-0.2, -0.15) is 0 Å². The largest absolute Gasteiger partial charge is 0.446 e. The molecule has 0 bridgehead atoms. The van der Waals surface area contributed by atoms with Gasteiger partial charge in [0.05, 0.1) is 25.9 Å². The van der Waals surface area contributed by atoms with Crippen LogP contribution in [0.2, 0.25) is 0 Å². The Bertz CT molecular complexity index is 652. The molecule has 2 amide bonds. The van der Waals surface area contributed by atoms with Gasteiger partial charge in [0.15, 0.2) is 0 Å². The number of aliphatic hydroxyl groups excluding tert-OH is 2. The molecule has 0 aromatic rings. The molecule has 3 rings (SSSR count). The maximum absolute atomic E-state index is 13.0. The monoisotopic (exact) mass is 440 g/mol. The molecule has 1 heterocycles. The number of morpholine rings is 1. The van der Waals surface area contributed by atoms with Crippen LogP contribution in [0.15, 0.2) is 0 Å². The SMILES string of the molecule is CC(C)NC(=O)O[C@@H]1CC[C@]2(C)C(CC[C@@H](O)[C@H]2CC(=O)N2CCOCC2)[C@]1(C)CO. The van der Waals surface area contributed by atoms with E-state index < -0.39 is 23.7 Å². The van der Waals surface area contributed by atoms with Crippen LogP contribution in [0.25, 0.3) is 0 Å². The second kappa shape index (κ2) is 9.63. The number of carbonyl (C=O) groups is 2. The van der Waals surface area contributed by atoms with Crippen molar-refractivity contribution in [2.24, 2.45) is 22.7 Å². The number of alkyl carbamates (subject to hydrolysis) is 1. The van der Waals surface area contributed by atoms with Crippen molar-refractivity contribution in [1.82, 2.24) is 10.2 Å². The first-order valence-electron chi connectivity index (χ1n) is 11.7. The third kappa shape index (κ3) is 4.86. The number of nitrogens with one attached hydrogen (secondary N) is 1. The van der Waals surface area contributed by atoms with Crippen LogP contribution in [0.4, 0.5) is 4.79 Å². The van der Waals surface area contributed by atoms with E-state index >= 15 is 0 Å². The summed E-state index contributed by atoms with van der Waals surface area (Å²) in [6.07, 6.45) is 1.56. The quantitative estimate of drug-likeness (QED) is 0.603. The summed E-state index contributed by atoms with van der Waals surface area (Å²) >= 11 is 0. The molecule has 1 unspecified atom stereocenters. The van der Waals surface area contributed by atoms with Gasteiger partial charge in [0.1, 0.15) is 6.10 Å². The van der Waals surface area contributed by atoms with E-state index in [0.29, 0.717) is 45.6 Å². The van der Waals surface area contributed by atoms with Gasteiger partial charge in [-0.15, -0.1) is 0 Å². The van der Waals surface area contributed by atoms with Crippen molar-refractivity contribution in [3.8, 4) is 0 Å². The van der Waals surface area contributed by atoms with Gasteiger partial charge in [-0.25, -0.2) is 4.79 Å². The summed E-state index contributed by atoms with van der Waals surface area (Å²) in [6, 6.07) is -0.0258. The highest BCUT2D eigenvalue weighted by atomic mass is 16.6. The van der Waals surface area contributed by atoms with Gasteiger partial charge < -0.3 is 29.9 Å². The summed E-state index contributed by atoms with van der Waals surface area (Å²) in [5, 5.41) is 24.1. The third-order valence-electron chi connectivity index (χ3n) is 8.09. The van der Waals surface area contributed by atoms with Crippen molar-refractivity contribution in [2.45, 2.75) is 78.0 Å². The Morgan fingerprint density at radius 2 is 1.87 bits per heavy atom. The molecule has 1 aliphatic heterocycles. The Morgan fingerprint density at radius 3 is 2.48 bits per heavy atom. The number of aliphatic hydroxyl groups is 2. The molecule has 3 aliphatic rings. The lowest BCUT2D eigenvalue weighted by Crippen LogP contribution is -2.61. The Labute approximate surface area is 185 Å². The van der Waals surface area contributed by atoms with Crippen molar-refractivity contribution in [3.05, 3.63) is 0 Å². The second-order valence-electron chi connectivity index (χ2n) is 10.4. The zero-order valence-electron chi connectivity index (χ0n) is 19.4. The second-order valence-corrected chi connectivity index (χ2v) is 10.4. The molecule has 3 fully saturated rings. The van der Waals surface area contributed by atoms with Crippen LogP contribution in [0, 0.1) is 22.7 Å². The molecule has 8 nitrogen and oxygen atoms in total. The lowest BCUT2D eigenvalue weighted by Gasteiger charge is -2.60. The molecule has 8 heteroatoms. The van der Waals surface area contributed by atoms with Crippen molar-refractivity contribution in [2.75, 3.05) is 32.9 Å². The number of hydrogen-bond acceptors (Lipinski definition) is 6. The van der Waals surface area contributed by atoms with Crippen LogP contribution < -0.4 is 5.32 Å². The molecular weight excluding hydrogens is 400 g/mol. The van der Waals surface area contributed by atoms with E-state index in [4.69, 9.17) is 9.47 Å². The highest BCUT2D eigenvalue weighted by Gasteiger charge is 2.60. The van der Waals surface area contributed by atoms with Crippen LogP contribution in [0.5, 0.6) is 0 Å². The molecule has 3 N–H and O–H groups in total. The molecule has 0 spiro atoms. The lowest BCUT2D eigenvalue weighted by atomic mass is 9.46. The van der Waals surface area contributed by atoms with Crippen LogP contribution in [0.1, 0.15) is 59.8 Å². The zero-order valence-corrected chi connectivity index (χ0v) is 19.4. The Hall–Kier alpha value is -1.38. The van der Waals surface area contributed by atoms with Crippen LogP contribution in [0.3, 0.4) is 0 Å². The fourth-order valence-corrected chi connectivity index (χ4v) is 6.31. The smallest absolute Gasteiger partial charge is 0.407 e. The van der Waals surface area contributed by atoms with Crippen molar-refractivity contribution < 1.29 is 29.3 Å². The number of fused-ring (bicyclic) bond motifs is 1. The summed E-state index contributed by atoms with van der Waals surface area (Å²) < 4.78 is 11.1. The van der Waals surface area contributed by atoms with Gasteiger partial charge in [-0.3, -0.25) is 4.79 Å². The molecule has 0 aromatic carbocycles. The van der Waals surface area contributed by atoms with Gasteiger partial charge in [-0.1, -0.05) is 13.8 Å². The van der Waals surface area contributed by atoms with Crippen LogP contribution >= 0.6 is 0 Å². The van der Waals surface area contributed by atoms with Crippen LogP contribution in [-0.4, -0.2) is 78.3 Å². The molecule has 178 valence electrons. The highest BCUT2D eigenvalue weighted by Crippen LogP contribution is 2.61. The van der Waals surface area contributed by atoms with E-state index in [1.165, 1.54) is 0 Å². The van der Waals surface area contributed by atoms with E-state index in [-0.39, 0.29) is 35.8 Å². The molecule has 1 saturated heterocycles. The third-order valence-corrected chi connectivity index (χ3v) is 8.09. The molecule has 0 radical (unpaired) electrons. The maximum Gasteiger partial charge on any atom is 0.407 e. The van der Waals surface area contributed by atoms with Gasteiger partial charge in [0.25, 0.3) is 0 Å². The lowest BCUT2D eigenvalue weighted by molar-refractivity contribution is -0.187. The highest BCUT2D eigenvalue weighted by molar-refractivity contribution is 5.76. The Morgan fingerprint density at radius 1 is 1.19 bits per heavy atom. The zero-order chi connectivity index (χ0) is 22.8. The van der Waals surface area contributed by atoms with Crippen molar-refractivity contribution in [1.29, 1.82) is 0 Å². The van der Waals surface area contributed by atoms with E-state index in [9.17, 15) is 19.8 Å². The van der Waals surface area contributed by atoms with Gasteiger partial charge in [0, 0.05) is 31.0 Å². The molecular formula is C23H40N2O6.